The van der Waals surface area contributed by atoms with Crippen molar-refractivity contribution in [1.82, 2.24) is 5.32 Å². The molecule has 0 saturated heterocycles. The Morgan fingerprint density at radius 2 is 1.94 bits per heavy atom. The zero-order valence-corrected chi connectivity index (χ0v) is 11.9. The first-order valence-electron chi connectivity index (χ1n) is 7.10. The van der Waals surface area contributed by atoms with E-state index in [0.717, 1.165) is 0 Å². The highest BCUT2D eigenvalue weighted by molar-refractivity contribution is 5.33. The average Bonchev–Trinajstić information content (AvgIpc) is 2.85. The van der Waals surface area contributed by atoms with E-state index in [0.29, 0.717) is 12.0 Å². The molecule has 1 aromatic rings. The van der Waals surface area contributed by atoms with Gasteiger partial charge >= 0.3 is 0 Å². The summed E-state index contributed by atoms with van der Waals surface area (Å²) in [5.41, 5.74) is 5.32. The zero-order chi connectivity index (χ0) is 13.1. The van der Waals surface area contributed by atoms with Crippen LogP contribution in [-0.2, 0) is 0 Å². The fraction of sp³-hybridized carbons (Fsp3) is 0.529. The summed E-state index contributed by atoms with van der Waals surface area (Å²) in [5, 5.41) is 3.61. The lowest BCUT2D eigenvalue weighted by Gasteiger charge is -2.23. The molecule has 0 amide bonds. The Labute approximate surface area is 111 Å². The summed E-state index contributed by atoms with van der Waals surface area (Å²) in [7, 11) is 0. The molecule has 1 aliphatic carbocycles. The minimum Gasteiger partial charge on any atom is -0.382 e. The summed E-state index contributed by atoms with van der Waals surface area (Å²) >= 11 is 0. The highest BCUT2D eigenvalue weighted by Gasteiger charge is 2.19. The van der Waals surface area contributed by atoms with Crippen LogP contribution in [0.15, 0.2) is 30.5 Å². The normalized spacial score (nSPS) is 17.7. The van der Waals surface area contributed by atoms with E-state index in [1.165, 1.54) is 48.1 Å². The molecule has 18 heavy (non-hydrogen) atoms. The molecule has 1 saturated carbocycles. The van der Waals surface area contributed by atoms with Gasteiger partial charge in [0.15, 0.2) is 0 Å². The van der Waals surface area contributed by atoms with Gasteiger partial charge in [0.1, 0.15) is 0 Å². The van der Waals surface area contributed by atoms with Gasteiger partial charge in [0, 0.05) is 11.7 Å². The molecule has 1 atom stereocenters. The van der Waals surface area contributed by atoms with E-state index >= 15 is 0 Å². The van der Waals surface area contributed by atoms with Crippen molar-refractivity contribution in [3.63, 3.8) is 0 Å². The molecule has 1 fully saturated rings. The lowest BCUT2D eigenvalue weighted by molar-refractivity contribution is 0.534. The molecule has 0 bridgehead atoms. The molecule has 1 heteroatoms. The summed E-state index contributed by atoms with van der Waals surface area (Å²) in [5.74, 6) is 0.692. The molecule has 1 N–H and O–H groups in total. The number of hydrogen-bond acceptors (Lipinski definition) is 1. The van der Waals surface area contributed by atoms with E-state index in [9.17, 15) is 0 Å². The van der Waals surface area contributed by atoms with Gasteiger partial charge in [0.05, 0.1) is 0 Å². The van der Waals surface area contributed by atoms with Crippen LogP contribution in [0.25, 0.3) is 0 Å². The number of aryl methyl sites for hydroxylation is 2. The van der Waals surface area contributed by atoms with Crippen LogP contribution in [0.1, 0.15) is 55.3 Å². The van der Waals surface area contributed by atoms with Crippen LogP contribution < -0.4 is 5.32 Å². The summed E-state index contributed by atoms with van der Waals surface area (Å²) in [6.45, 7) is 10.8. The SMILES string of the molecule is C=C(NC(C)c1cc(C)ccc1C)C1CCCC1. The van der Waals surface area contributed by atoms with Crippen LogP contribution in [0.5, 0.6) is 0 Å². The Kier molecular flexibility index (Phi) is 4.11. The number of benzene rings is 1. The Hall–Kier alpha value is -1.24. The van der Waals surface area contributed by atoms with Crippen LogP contribution in [0.2, 0.25) is 0 Å². The fourth-order valence-electron chi connectivity index (χ4n) is 2.97. The molecule has 1 unspecified atom stereocenters. The van der Waals surface area contributed by atoms with Crippen molar-refractivity contribution in [2.45, 2.75) is 52.5 Å². The number of rotatable bonds is 4. The van der Waals surface area contributed by atoms with Gasteiger partial charge in [-0.05, 0) is 50.7 Å². The van der Waals surface area contributed by atoms with Gasteiger partial charge in [0.25, 0.3) is 0 Å². The second-order valence-corrected chi connectivity index (χ2v) is 5.73. The van der Waals surface area contributed by atoms with Crippen LogP contribution in [0.4, 0.5) is 0 Å². The standard InChI is InChI=1S/C17H25N/c1-12-9-10-13(2)17(11-12)15(4)18-14(3)16-7-5-6-8-16/h9-11,15-16,18H,3,5-8H2,1-2,4H3. The van der Waals surface area contributed by atoms with Crippen molar-refractivity contribution < 1.29 is 0 Å². The van der Waals surface area contributed by atoms with Crippen LogP contribution >= 0.6 is 0 Å². The van der Waals surface area contributed by atoms with Crippen LogP contribution in [-0.4, -0.2) is 0 Å². The van der Waals surface area contributed by atoms with Gasteiger partial charge in [-0.3, -0.25) is 0 Å². The maximum Gasteiger partial charge on any atom is 0.0485 e. The highest BCUT2D eigenvalue weighted by Crippen LogP contribution is 2.30. The molecule has 0 spiro atoms. The van der Waals surface area contributed by atoms with Crippen molar-refractivity contribution in [2.24, 2.45) is 5.92 Å². The molecule has 0 aliphatic heterocycles. The number of allylic oxidation sites excluding steroid dienone is 1. The molecule has 98 valence electrons. The first kappa shape index (κ1) is 13.2. The Morgan fingerprint density at radius 3 is 2.61 bits per heavy atom. The van der Waals surface area contributed by atoms with Gasteiger partial charge < -0.3 is 5.32 Å². The molecular weight excluding hydrogens is 218 g/mol. The summed E-state index contributed by atoms with van der Waals surface area (Å²) in [6.07, 6.45) is 5.35. The molecule has 1 aromatic carbocycles. The van der Waals surface area contributed by atoms with Crippen LogP contribution in [0, 0.1) is 19.8 Å². The first-order valence-corrected chi connectivity index (χ1v) is 7.10. The smallest absolute Gasteiger partial charge is 0.0485 e. The van der Waals surface area contributed by atoms with Crippen molar-refractivity contribution >= 4 is 0 Å². The third-order valence-corrected chi connectivity index (χ3v) is 4.15. The van der Waals surface area contributed by atoms with Crippen LogP contribution in [0.3, 0.4) is 0 Å². The Morgan fingerprint density at radius 1 is 1.28 bits per heavy atom. The maximum atomic E-state index is 4.24. The van der Waals surface area contributed by atoms with E-state index in [4.69, 9.17) is 0 Å². The van der Waals surface area contributed by atoms with E-state index in [2.05, 4.69) is 50.9 Å². The highest BCUT2D eigenvalue weighted by atomic mass is 14.9. The third kappa shape index (κ3) is 2.95. The van der Waals surface area contributed by atoms with E-state index in [1.807, 2.05) is 0 Å². The number of hydrogen-bond donors (Lipinski definition) is 1. The third-order valence-electron chi connectivity index (χ3n) is 4.15. The van der Waals surface area contributed by atoms with E-state index in [-0.39, 0.29) is 0 Å². The van der Waals surface area contributed by atoms with Crippen molar-refractivity contribution in [1.29, 1.82) is 0 Å². The molecule has 0 aromatic heterocycles. The molecule has 1 aliphatic rings. The predicted molar refractivity (Wildman–Crippen MR) is 78.6 cm³/mol. The zero-order valence-electron chi connectivity index (χ0n) is 11.9. The Bertz CT molecular complexity index is 427. The van der Waals surface area contributed by atoms with Gasteiger partial charge in [-0.15, -0.1) is 0 Å². The molecule has 2 rings (SSSR count). The summed E-state index contributed by atoms with van der Waals surface area (Å²) in [4.78, 5) is 0. The predicted octanol–water partition coefficient (Wildman–Crippen LogP) is 4.66. The fourth-order valence-corrected chi connectivity index (χ4v) is 2.97. The lowest BCUT2D eigenvalue weighted by Crippen LogP contribution is -2.22. The van der Waals surface area contributed by atoms with Gasteiger partial charge in [-0.25, -0.2) is 0 Å². The number of nitrogens with one attached hydrogen (secondary N) is 1. The topological polar surface area (TPSA) is 12.0 Å². The van der Waals surface area contributed by atoms with Crippen molar-refractivity contribution in [3.8, 4) is 0 Å². The molecular formula is C17H25N. The Balaban J connectivity index is 2.04. The minimum absolute atomic E-state index is 0.359. The summed E-state index contributed by atoms with van der Waals surface area (Å²) in [6, 6.07) is 7.03. The van der Waals surface area contributed by atoms with Crippen molar-refractivity contribution in [2.75, 3.05) is 0 Å². The first-order chi connectivity index (χ1) is 8.58. The lowest BCUT2D eigenvalue weighted by atomic mass is 9.98. The largest absolute Gasteiger partial charge is 0.382 e. The molecule has 0 radical (unpaired) electrons. The van der Waals surface area contributed by atoms with E-state index < -0.39 is 0 Å². The molecule has 0 heterocycles. The second kappa shape index (κ2) is 5.60. The maximum absolute atomic E-state index is 4.24. The minimum atomic E-state index is 0.359. The quantitative estimate of drug-likeness (QED) is 0.811. The van der Waals surface area contributed by atoms with E-state index in [1.54, 1.807) is 0 Å². The second-order valence-electron chi connectivity index (χ2n) is 5.73. The van der Waals surface area contributed by atoms with Crippen molar-refractivity contribution in [3.05, 3.63) is 47.2 Å². The van der Waals surface area contributed by atoms with Gasteiger partial charge in [-0.2, -0.15) is 0 Å². The van der Waals surface area contributed by atoms with Gasteiger partial charge in [0.2, 0.25) is 0 Å². The molecule has 1 nitrogen and oxygen atoms in total. The average molecular weight is 243 g/mol. The summed E-state index contributed by atoms with van der Waals surface area (Å²) < 4.78 is 0. The monoisotopic (exact) mass is 243 g/mol. The van der Waals surface area contributed by atoms with Gasteiger partial charge in [-0.1, -0.05) is 43.2 Å².